The average Bonchev–Trinajstić information content (AvgIpc) is 2.67. The quantitative estimate of drug-likeness (QED) is 0.876. The number of nitrogens with one attached hydrogen (secondary N) is 1. The number of amides is 2. The van der Waals surface area contributed by atoms with Crippen molar-refractivity contribution in [1.82, 2.24) is 9.80 Å². The van der Waals surface area contributed by atoms with Crippen molar-refractivity contribution in [2.75, 3.05) is 57.9 Å². The molecule has 0 saturated carbocycles. The van der Waals surface area contributed by atoms with E-state index in [0.717, 1.165) is 71.1 Å². The molecule has 2 aliphatic rings. The highest BCUT2D eigenvalue weighted by Gasteiger charge is 2.26. The van der Waals surface area contributed by atoms with Crippen molar-refractivity contribution in [3.05, 3.63) is 29.3 Å². The van der Waals surface area contributed by atoms with Crippen LogP contribution in [0.3, 0.4) is 0 Å². The molecule has 1 aromatic carbocycles. The normalized spacial score (nSPS) is 19.3. The molecule has 26 heavy (non-hydrogen) atoms. The van der Waals surface area contributed by atoms with Crippen LogP contribution in [0.5, 0.6) is 0 Å². The zero-order valence-electron chi connectivity index (χ0n) is 16.0. The lowest BCUT2D eigenvalue weighted by atomic mass is 10.1. The largest absolute Gasteiger partial charge is 0.381 e. The summed E-state index contributed by atoms with van der Waals surface area (Å²) in [6, 6.07) is 6.31. The third kappa shape index (κ3) is 5.19. The number of benzene rings is 1. The van der Waals surface area contributed by atoms with Gasteiger partial charge in [0.1, 0.15) is 0 Å². The molecule has 0 unspecified atom stereocenters. The van der Waals surface area contributed by atoms with E-state index < -0.39 is 0 Å². The first kappa shape index (κ1) is 19.1. The van der Waals surface area contributed by atoms with Gasteiger partial charge in [0.2, 0.25) is 0 Å². The molecule has 6 heteroatoms. The highest BCUT2D eigenvalue weighted by atomic mass is 16.5. The van der Waals surface area contributed by atoms with Gasteiger partial charge in [0.25, 0.3) is 0 Å². The average molecular weight is 361 g/mol. The lowest BCUT2D eigenvalue weighted by molar-refractivity contribution is 0.0238. The van der Waals surface area contributed by atoms with Crippen molar-refractivity contribution in [1.29, 1.82) is 0 Å². The van der Waals surface area contributed by atoms with Gasteiger partial charge in [0.15, 0.2) is 0 Å². The summed E-state index contributed by atoms with van der Waals surface area (Å²) < 4.78 is 10.9. The van der Waals surface area contributed by atoms with Crippen LogP contribution in [0.2, 0.25) is 0 Å². The summed E-state index contributed by atoms with van der Waals surface area (Å²) in [7, 11) is 0. The van der Waals surface area contributed by atoms with Crippen molar-refractivity contribution in [2.24, 2.45) is 0 Å². The number of carbonyl (C=O) groups excluding carboxylic acids is 1. The van der Waals surface area contributed by atoms with E-state index in [4.69, 9.17) is 9.47 Å². The number of rotatable bonds is 5. The third-order valence-electron chi connectivity index (χ3n) is 5.41. The molecule has 0 spiro atoms. The first-order valence-electron chi connectivity index (χ1n) is 9.66. The smallest absolute Gasteiger partial charge is 0.322 e. The number of anilines is 1. The maximum absolute atomic E-state index is 13.0. The Hall–Kier alpha value is -1.63. The monoisotopic (exact) mass is 361 g/mol. The minimum absolute atomic E-state index is 0.00610. The minimum Gasteiger partial charge on any atom is -0.381 e. The lowest BCUT2D eigenvalue weighted by Gasteiger charge is -2.36. The molecule has 6 nitrogen and oxygen atoms in total. The van der Waals surface area contributed by atoms with Crippen LogP contribution < -0.4 is 5.32 Å². The molecular weight excluding hydrogens is 330 g/mol. The van der Waals surface area contributed by atoms with E-state index in [1.165, 1.54) is 11.1 Å². The first-order valence-corrected chi connectivity index (χ1v) is 9.66. The number of ether oxygens (including phenoxy) is 2. The second-order valence-electron chi connectivity index (χ2n) is 7.22. The Morgan fingerprint density at radius 1 is 1.12 bits per heavy atom. The Labute approximate surface area is 156 Å². The van der Waals surface area contributed by atoms with Crippen LogP contribution >= 0.6 is 0 Å². The lowest BCUT2D eigenvalue weighted by Crippen LogP contribution is -2.49. The van der Waals surface area contributed by atoms with Crippen molar-refractivity contribution < 1.29 is 14.3 Å². The minimum atomic E-state index is -0.00610. The number of aryl methyl sites for hydroxylation is 2. The zero-order valence-corrected chi connectivity index (χ0v) is 16.0. The molecule has 1 aromatic rings. The predicted molar refractivity (Wildman–Crippen MR) is 103 cm³/mol. The summed E-state index contributed by atoms with van der Waals surface area (Å²) in [5.74, 6) is 0. The zero-order chi connectivity index (χ0) is 18.4. The third-order valence-corrected chi connectivity index (χ3v) is 5.41. The Morgan fingerprint density at radius 3 is 2.50 bits per heavy atom. The molecule has 2 fully saturated rings. The molecule has 0 bridgehead atoms. The van der Waals surface area contributed by atoms with Crippen molar-refractivity contribution in [2.45, 2.75) is 32.7 Å². The van der Waals surface area contributed by atoms with Crippen molar-refractivity contribution in [3.63, 3.8) is 0 Å². The highest BCUT2D eigenvalue weighted by molar-refractivity contribution is 5.89. The second-order valence-corrected chi connectivity index (χ2v) is 7.22. The van der Waals surface area contributed by atoms with Gasteiger partial charge in [-0.1, -0.05) is 6.07 Å². The fraction of sp³-hybridized carbons (Fsp3) is 0.650. The van der Waals surface area contributed by atoms with Gasteiger partial charge in [0.05, 0.1) is 13.2 Å². The van der Waals surface area contributed by atoms with Crippen LogP contribution in [-0.4, -0.2) is 74.5 Å². The van der Waals surface area contributed by atoms with Gasteiger partial charge in [-0.3, -0.25) is 4.90 Å². The fourth-order valence-electron chi connectivity index (χ4n) is 3.54. The van der Waals surface area contributed by atoms with E-state index in [-0.39, 0.29) is 12.1 Å². The molecular formula is C20H31N3O3. The SMILES string of the molecule is Cc1ccc(NC(=O)N(CCN2CCOCC2)C2CCOCC2)cc1C. The first-order chi connectivity index (χ1) is 12.6. The molecule has 2 amide bonds. The van der Waals surface area contributed by atoms with Crippen LogP contribution in [0.4, 0.5) is 10.5 Å². The maximum atomic E-state index is 13.0. The number of nitrogens with zero attached hydrogens (tertiary/aromatic N) is 2. The molecule has 2 aliphatic heterocycles. The van der Waals surface area contributed by atoms with E-state index in [0.29, 0.717) is 0 Å². The molecule has 2 saturated heterocycles. The van der Waals surface area contributed by atoms with Gasteiger partial charge < -0.3 is 19.7 Å². The summed E-state index contributed by atoms with van der Waals surface area (Å²) in [4.78, 5) is 17.4. The molecule has 0 aliphatic carbocycles. The van der Waals surface area contributed by atoms with Crippen molar-refractivity contribution in [3.8, 4) is 0 Å². The number of carbonyl (C=O) groups is 1. The molecule has 0 radical (unpaired) electrons. The Balaban J connectivity index is 1.64. The van der Waals surface area contributed by atoms with Crippen LogP contribution in [0.1, 0.15) is 24.0 Å². The molecule has 1 N–H and O–H groups in total. The van der Waals surface area contributed by atoms with Gasteiger partial charge >= 0.3 is 6.03 Å². The number of urea groups is 1. The molecule has 2 heterocycles. The Bertz CT molecular complexity index is 596. The van der Waals surface area contributed by atoms with Gasteiger partial charge in [0, 0.05) is 51.1 Å². The molecule has 0 atom stereocenters. The van der Waals surface area contributed by atoms with E-state index in [2.05, 4.69) is 30.1 Å². The fourth-order valence-corrected chi connectivity index (χ4v) is 3.54. The number of hydrogen-bond donors (Lipinski definition) is 1. The van der Waals surface area contributed by atoms with Crippen molar-refractivity contribution >= 4 is 11.7 Å². The highest BCUT2D eigenvalue weighted by Crippen LogP contribution is 2.18. The summed E-state index contributed by atoms with van der Waals surface area (Å²) in [5, 5.41) is 3.10. The summed E-state index contributed by atoms with van der Waals surface area (Å²) in [5.41, 5.74) is 3.28. The summed E-state index contributed by atoms with van der Waals surface area (Å²) in [6.07, 6.45) is 1.81. The van der Waals surface area contributed by atoms with Crippen LogP contribution in [0.25, 0.3) is 0 Å². The molecule has 3 rings (SSSR count). The second kappa shape index (κ2) is 9.35. The summed E-state index contributed by atoms with van der Waals surface area (Å²) in [6.45, 7) is 10.7. The number of hydrogen-bond acceptors (Lipinski definition) is 4. The predicted octanol–water partition coefficient (Wildman–Crippen LogP) is 2.65. The standard InChI is InChI=1S/C20H31N3O3/c1-16-3-4-18(15-17(16)2)21-20(24)23(19-5-11-25-12-6-19)8-7-22-9-13-26-14-10-22/h3-4,15,19H,5-14H2,1-2H3,(H,21,24). The van der Waals surface area contributed by atoms with E-state index in [1.54, 1.807) is 0 Å². The summed E-state index contributed by atoms with van der Waals surface area (Å²) >= 11 is 0. The van der Waals surface area contributed by atoms with Gasteiger partial charge in [-0.25, -0.2) is 4.79 Å². The topological polar surface area (TPSA) is 54.0 Å². The van der Waals surface area contributed by atoms with Gasteiger partial charge in [-0.05, 0) is 49.9 Å². The van der Waals surface area contributed by atoms with Gasteiger partial charge in [-0.2, -0.15) is 0 Å². The maximum Gasteiger partial charge on any atom is 0.322 e. The van der Waals surface area contributed by atoms with E-state index in [1.807, 2.05) is 17.0 Å². The number of morpholine rings is 1. The van der Waals surface area contributed by atoms with Crippen LogP contribution in [-0.2, 0) is 9.47 Å². The van der Waals surface area contributed by atoms with E-state index in [9.17, 15) is 4.79 Å². The van der Waals surface area contributed by atoms with Gasteiger partial charge in [-0.15, -0.1) is 0 Å². The van der Waals surface area contributed by atoms with E-state index >= 15 is 0 Å². The molecule has 144 valence electrons. The Morgan fingerprint density at radius 2 is 1.81 bits per heavy atom. The molecule has 0 aromatic heterocycles. The van der Waals surface area contributed by atoms with Crippen LogP contribution in [0, 0.1) is 13.8 Å². The van der Waals surface area contributed by atoms with Crippen LogP contribution in [0.15, 0.2) is 18.2 Å². The Kier molecular flexibility index (Phi) is 6.88.